The molecule has 1 aromatic carbocycles. The van der Waals surface area contributed by atoms with Crippen LogP contribution in [0.5, 0.6) is 0 Å². The molecule has 1 unspecified atom stereocenters. The summed E-state index contributed by atoms with van der Waals surface area (Å²) < 4.78 is 49.3. The largest absolute Gasteiger partial charge is 0.378 e. The molecule has 1 aliphatic rings. The highest BCUT2D eigenvalue weighted by Gasteiger charge is 2.29. The molecule has 0 amide bonds. The first-order valence-corrected chi connectivity index (χ1v) is 10.9. The molecular weight excluding hydrogens is 395 g/mol. The molecule has 0 saturated carbocycles. The average Bonchev–Trinajstić information content (AvgIpc) is 2.97. The Kier molecular flexibility index (Phi) is 5.90. The van der Waals surface area contributed by atoms with Gasteiger partial charge in [-0.3, -0.25) is 0 Å². The van der Waals surface area contributed by atoms with Gasteiger partial charge in [-0.15, -0.1) is 0 Å². The van der Waals surface area contributed by atoms with Crippen LogP contribution < -0.4 is 0 Å². The molecule has 0 aliphatic carbocycles. The van der Waals surface area contributed by atoms with Gasteiger partial charge in [-0.2, -0.15) is 0 Å². The Labute approximate surface area is 163 Å². The standard InChI is InChI=1S/C18H22ClFN2O4S/c1-10-8-13(6-7-25-10)26-16(12-4-5-15(20)14(19)9-12)17-21-11(2)18(22-17)27(3,23)24/h4-5,9-10,13,16H,6-8H2,1-3H3,(H,21,22)/t10-,13-,16?/m1/s1. The number of H-pyrrole nitrogens is 1. The smallest absolute Gasteiger partial charge is 0.192 e. The maximum Gasteiger partial charge on any atom is 0.192 e. The number of ether oxygens (including phenoxy) is 2. The highest BCUT2D eigenvalue weighted by molar-refractivity contribution is 7.90. The van der Waals surface area contributed by atoms with Crippen LogP contribution in [0.3, 0.4) is 0 Å². The zero-order valence-corrected chi connectivity index (χ0v) is 16.9. The van der Waals surface area contributed by atoms with Gasteiger partial charge in [-0.1, -0.05) is 17.7 Å². The number of aromatic amines is 1. The van der Waals surface area contributed by atoms with Crippen LogP contribution in [-0.2, 0) is 19.3 Å². The van der Waals surface area contributed by atoms with Gasteiger partial charge in [0.2, 0.25) is 0 Å². The van der Waals surface area contributed by atoms with Crippen molar-refractivity contribution in [3.8, 4) is 0 Å². The van der Waals surface area contributed by atoms with Crippen molar-refractivity contribution in [2.24, 2.45) is 0 Å². The fourth-order valence-corrected chi connectivity index (χ4v) is 4.26. The van der Waals surface area contributed by atoms with E-state index in [1.807, 2.05) is 6.92 Å². The number of hydrogen-bond acceptors (Lipinski definition) is 5. The SMILES string of the molecule is Cc1nc(C(O[C@@H]2CCO[C@H](C)C2)c2ccc(F)c(Cl)c2)[nH]c1S(C)(=O)=O. The van der Waals surface area contributed by atoms with Crippen molar-refractivity contribution in [3.63, 3.8) is 0 Å². The fraction of sp³-hybridized carbons (Fsp3) is 0.500. The van der Waals surface area contributed by atoms with Gasteiger partial charge in [-0.25, -0.2) is 17.8 Å². The van der Waals surface area contributed by atoms with Crippen LogP contribution in [0.25, 0.3) is 0 Å². The maximum atomic E-state index is 13.6. The lowest BCUT2D eigenvalue weighted by molar-refractivity contribution is -0.0859. The summed E-state index contributed by atoms with van der Waals surface area (Å²) in [6.07, 6.45) is 1.77. The van der Waals surface area contributed by atoms with Crippen molar-refractivity contribution in [1.82, 2.24) is 9.97 Å². The minimum absolute atomic E-state index is 0.0342. The van der Waals surface area contributed by atoms with Gasteiger partial charge in [0, 0.05) is 12.9 Å². The Balaban J connectivity index is 2.00. The molecule has 3 atom stereocenters. The topological polar surface area (TPSA) is 81.3 Å². The van der Waals surface area contributed by atoms with Crippen molar-refractivity contribution < 1.29 is 22.3 Å². The van der Waals surface area contributed by atoms with Crippen molar-refractivity contribution >= 4 is 21.4 Å². The van der Waals surface area contributed by atoms with Gasteiger partial charge in [0.25, 0.3) is 0 Å². The zero-order valence-electron chi connectivity index (χ0n) is 15.3. The molecule has 0 bridgehead atoms. The molecule has 1 saturated heterocycles. The Morgan fingerprint density at radius 3 is 2.78 bits per heavy atom. The van der Waals surface area contributed by atoms with E-state index in [2.05, 4.69) is 9.97 Å². The van der Waals surface area contributed by atoms with Crippen LogP contribution in [-0.4, -0.2) is 43.5 Å². The Bertz CT molecular complexity index is 931. The summed E-state index contributed by atoms with van der Waals surface area (Å²) in [5.41, 5.74) is 0.948. The Morgan fingerprint density at radius 1 is 1.44 bits per heavy atom. The van der Waals surface area contributed by atoms with E-state index in [0.29, 0.717) is 36.5 Å². The normalized spacial score (nSPS) is 22.0. The number of nitrogens with zero attached hydrogens (tertiary/aromatic N) is 1. The first-order chi connectivity index (χ1) is 12.6. The summed E-state index contributed by atoms with van der Waals surface area (Å²) in [4.78, 5) is 7.23. The maximum absolute atomic E-state index is 13.6. The molecule has 27 heavy (non-hydrogen) atoms. The van der Waals surface area contributed by atoms with E-state index >= 15 is 0 Å². The van der Waals surface area contributed by atoms with Gasteiger partial charge < -0.3 is 14.5 Å². The van der Waals surface area contributed by atoms with Crippen molar-refractivity contribution in [2.45, 2.75) is 50.0 Å². The second-order valence-corrected chi connectivity index (χ2v) is 9.19. The molecule has 1 aliphatic heterocycles. The molecule has 1 N–H and O–H groups in total. The number of imidazole rings is 1. The average molecular weight is 417 g/mol. The van der Waals surface area contributed by atoms with Crippen LogP contribution in [0.2, 0.25) is 5.02 Å². The first-order valence-electron chi connectivity index (χ1n) is 8.63. The van der Waals surface area contributed by atoms with E-state index < -0.39 is 21.8 Å². The van der Waals surface area contributed by atoms with E-state index in [-0.39, 0.29) is 22.3 Å². The van der Waals surface area contributed by atoms with Crippen LogP contribution >= 0.6 is 11.6 Å². The molecule has 3 rings (SSSR count). The minimum Gasteiger partial charge on any atom is -0.378 e. The molecule has 148 valence electrons. The molecule has 9 heteroatoms. The lowest BCUT2D eigenvalue weighted by Crippen LogP contribution is -2.30. The van der Waals surface area contributed by atoms with Crippen LogP contribution in [0.4, 0.5) is 4.39 Å². The first kappa shape index (κ1) is 20.3. The second-order valence-electron chi connectivity index (χ2n) is 6.83. The number of nitrogens with one attached hydrogen (secondary N) is 1. The molecule has 6 nitrogen and oxygen atoms in total. The molecule has 0 spiro atoms. The number of aromatic nitrogens is 2. The number of benzene rings is 1. The Hall–Kier alpha value is -1.48. The lowest BCUT2D eigenvalue weighted by Gasteiger charge is -2.30. The summed E-state index contributed by atoms with van der Waals surface area (Å²) in [7, 11) is -3.46. The van der Waals surface area contributed by atoms with Crippen LogP contribution in [0.15, 0.2) is 23.2 Å². The number of aryl methyl sites for hydroxylation is 1. The quantitative estimate of drug-likeness (QED) is 0.805. The van der Waals surface area contributed by atoms with E-state index in [1.54, 1.807) is 13.0 Å². The predicted octanol–water partition coefficient (Wildman–Crippen LogP) is 3.59. The van der Waals surface area contributed by atoms with Crippen molar-refractivity contribution in [3.05, 3.63) is 46.1 Å². The molecule has 2 heterocycles. The third-order valence-electron chi connectivity index (χ3n) is 4.49. The summed E-state index contributed by atoms with van der Waals surface area (Å²) >= 11 is 5.94. The van der Waals surface area contributed by atoms with E-state index in [0.717, 1.165) is 6.26 Å². The fourth-order valence-electron chi connectivity index (χ4n) is 3.20. The van der Waals surface area contributed by atoms with Gasteiger partial charge >= 0.3 is 0 Å². The summed E-state index contributed by atoms with van der Waals surface area (Å²) in [5, 5.41) is 0.00714. The third kappa shape index (κ3) is 4.68. The minimum atomic E-state index is -3.46. The van der Waals surface area contributed by atoms with Crippen molar-refractivity contribution in [1.29, 1.82) is 0 Å². The van der Waals surface area contributed by atoms with Gasteiger partial charge in [0.05, 0.1) is 22.9 Å². The molecule has 0 radical (unpaired) electrons. The molecule has 2 aromatic rings. The Morgan fingerprint density at radius 2 is 2.19 bits per heavy atom. The lowest BCUT2D eigenvalue weighted by atomic mass is 10.0. The highest BCUT2D eigenvalue weighted by Crippen LogP contribution is 2.32. The van der Waals surface area contributed by atoms with Crippen molar-refractivity contribution in [2.75, 3.05) is 12.9 Å². The number of rotatable bonds is 5. The van der Waals surface area contributed by atoms with Gasteiger partial charge in [-0.05, 0) is 44.4 Å². The summed E-state index contributed by atoms with van der Waals surface area (Å²) in [6, 6.07) is 4.29. The van der Waals surface area contributed by atoms with Crippen LogP contribution in [0.1, 0.15) is 43.0 Å². The molecular formula is C18H22ClFN2O4S. The molecule has 1 fully saturated rings. The van der Waals surface area contributed by atoms with E-state index in [1.165, 1.54) is 12.1 Å². The summed E-state index contributed by atoms with van der Waals surface area (Å²) in [6.45, 7) is 4.16. The van der Waals surface area contributed by atoms with E-state index in [4.69, 9.17) is 21.1 Å². The molecule has 1 aromatic heterocycles. The van der Waals surface area contributed by atoms with Gasteiger partial charge in [0.15, 0.2) is 14.9 Å². The van der Waals surface area contributed by atoms with E-state index in [9.17, 15) is 12.8 Å². The highest BCUT2D eigenvalue weighted by atomic mass is 35.5. The van der Waals surface area contributed by atoms with Crippen LogP contribution in [0, 0.1) is 12.7 Å². The predicted molar refractivity (Wildman–Crippen MR) is 99.2 cm³/mol. The summed E-state index contributed by atoms with van der Waals surface area (Å²) in [5.74, 6) is -0.193. The monoisotopic (exact) mass is 416 g/mol. The van der Waals surface area contributed by atoms with Gasteiger partial charge in [0.1, 0.15) is 17.7 Å². The number of hydrogen-bond donors (Lipinski definition) is 1. The zero-order chi connectivity index (χ0) is 19.8. The number of halogens is 2. The second kappa shape index (κ2) is 7.87. The third-order valence-corrected chi connectivity index (χ3v) is 5.92. The number of sulfone groups is 1.